The molecule has 1 aliphatic heterocycles. The number of nitrogens with one attached hydrogen (secondary N) is 1. The molecule has 0 radical (unpaired) electrons. The second-order valence-electron chi connectivity index (χ2n) is 5.47. The van der Waals surface area contributed by atoms with Gasteiger partial charge in [0, 0.05) is 6.54 Å². The minimum Gasteiger partial charge on any atom is -0.326 e. The van der Waals surface area contributed by atoms with Crippen LogP contribution in [0, 0.1) is 0 Å². The Labute approximate surface area is 112 Å². The maximum Gasteiger partial charge on any atom is 0.241 e. The highest BCUT2D eigenvalue weighted by Gasteiger charge is 2.36. The summed E-state index contributed by atoms with van der Waals surface area (Å²) in [5.41, 5.74) is 0. The normalized spacial score (nSPS) is 24.3. The molecule has 4 nitrogen and oxygen atoms in total. The minimum absolute atomic E-state index is 0.0641. The van der Waals surface area contributed by atoms with Crippen LogP contribution in [-0.4, -0.2) is 55.1 Å². The van der Waals surface area contributed by atoms with Crippen LogP contribution in [0.5, 0.6) is 0 Å². The zero-order chi connectivity index (χ0) is 13.5. The second-order valence-corrected chi connectivity index (χ2v) is 5.47. The zero-order valence-electron chi connectivity index (χ0n) is 12.4. The Morgan fingerprint density at radius 1 is 1.28 bits per heavy atom. The molecule has 0 aliphatic carbocycles. The van der Waals surface area contributed by atoms with E-state index in [1.807, 2.05) is 4.90 Å². The molecule has 1 N–H and O–H groups in total. The van der Waals surface area contributed by atoms with Crippen LogP contribution in [0.25, 0.3) is 0 Å². The highest BCUT2D eigenvalue weighted by Crippen LogP contribution is 2.17. The third-order valence-electron chi connectivity index (χ3n) is 3.59. The molecule has 0 aromatic rings. The molecule has 1 fully saturated rings. The van der Waals surface area contributed by atoms with Crippen molar-refractivity contribution in [2.45, 2.75) is 58.2 Å². The monoisotopic (exact) mass is 255 g/mol. The van der Waals surface area contributed by atoms with Gasteiger partial charge in [0.1, 0.15) is 0 Å². The summed E-state index contributed by atoms with van der Waals surface area (Å²) in [6.07, 6.45) is 5.57. The predicted octanol–water partition coefficient (Wildman–Crippen LogP) is 1.66. The fourth-order valence-electron chi connectivity index (χ4n) is 2.52. The van der Waals surface area contributed by atoms with Crippen LogP contribution in [-0.2, 0) is 4.79 Å². The van der Waals surface area contributed by atoms with Gasteiger partial charge in [-0.1, -0.05) is 26.7 Å². The zero-order valence-corrected chi connectivity index (χ0v) is 12.4. The van der Waals surface area contributed by atoms with Crippen molar-refractivity contribution in [2.75, 3.05) is 27.2 Å². The van der Waals surface area contributed by atoms with Gasteiger partial charge in [0.05, 0.1) is 12.2 Å². The molecule has 0 bridgehead atoms. The Bertz CT molecular complexity index is 255. The summed E-state index contributed by atoms with van der Waals surface area (Å²) in [5, 5.41) is 3.48. The first-order chi connectivity index (χ1) is 8.60. The molecular formula is C14H29N3O. The predicted molar refractivity (Wildman–Crippen MR) is 75.4 cm³/mol. The number of unbranched alkanes of at least 4 members (excludes halogenated alkanes) is 1. The molecule has 0 aromatic carbocycles. The number of carbonyl (C=O) groups excluding carboxylic acids is 1. The van der Waals surface area contributed by atoms with Gasteiger partial charge in [0.2, 0.25) is 5.91 Å². The fraction of sp³-hybridized carbons (Fsp3) is 0.929. The molecule has 0 spiro atoms. The summed E-state index contributed by atoms with van der Waals surface area (Å²) in [7, 11) is 4.15. The van der Waals surface area contributed by atoms with E-state index < -0.39 is 0 Å². The lowest BCUT2D eigenvalue weighted by Crippen LogP contribution is -2.38. The first-order valence-electron chi connectivity index (χ1n) is 7.31. The highest BCUT2D eigenvalue weighted by molar-refractivity contribution is 5.84. The Morgan fingerprint density at radius 3 is 2.56 bits per heavy atom. The van der Waals surface area contributed by atoms with Crippen LogP contribution in [0.1, 0.15) is 46.0 Å². The lowest BCUT2D eigenvalue weighted by Gasteiger charge is -2.23. The van der Waals surface area contributed by atoms with Gasteiger partial charge >= 0.3 is 0 Å². The van der Waals surface area contributed by atoms with Crippen LogP contribution >= 0.6 is 0 Å². The maximum atomic E-state index is 12.3. The standard InChI is InChI=1S/C14H29N3O/c1-5-7-9-12-14(18)17(13(6-2)15-12)11-8-10-16(3)4/h12-13,15H,5-11H2,1-4H3. The van der Waals surface area contributed by atoms with E-state index >= 15 is 0 Å². The molecule has 18 heavy (non-hydrogen) atoms. The summed E-state index contributed by atoms with van der Waals surface area (Å²) in [6.45, 7) is 6.24. The van der Waals surface area contributed by atoms with Crippen molar-refractivity contribution in [1.82, 2.24) is 15.1 Å². The van der Waals surface area contributed by atoms with Gasteiger partial charge in [0.15, 0.2) is 0 Å². The van der Waals surface area contributed by atoms with Gasteiger partial charge < -0.3 is 9.80 Å². The van der Waals surface area contributed by atoms with Gasteiger partial charge in [0.25, 0.3) is 0 Å². The largest absolute Gasteiger partial charge is 0.326 e. The van der Waals surface area contributed by atoms with E-state index in [1.54, 1.807) is 0 Å². The Morgan fingerprint density at radius 2 is 2.00 bits per heavy atom. The van der Waals surface area contributed by atoms with Crippen molar-refractivity contribution in [1.29, 1.82) is 0 Å². The molecule has 2 atom stereocenters. The van der Waals surface area contributed by atoms with Crippen molar-refractivity contribution in [3.63, 3.8) is 0 Å². The topological polar surface area (TPSA) is 35.6 Å². The molecule has 4 heteroatoms. The molecule has 1 heterocycles. The van der Waals surface area contributed by atoms with Gasteiger partial charge in [-0.25, -0.2) is 0 Å². The van der Waals surface area contributed by atoms with Crippen LogP contribution in [0.2, 0.25) is 0 Å². The summed E-state index contributed by atoms with van der Waals surface area (Å²) in [6, 6.07) is 0.0641. The molecular weight excluding hydrogens is 226 g/mol. The van der Waals surface area contributed by atoms with Crippen molar-refractivity contribution in [2.24, 2.45) is 0 Å². The number of carbonyl (C=O) groups is 1. The highest BCUT2D eigenvalue weighted by atomic mass is 16.2. The fourth-order valence-corrected chi connectivity index (χ4v) is 2.52. The van der Waals surface area contributed by atoms with E-state index in [0.717, 1.165) is 45.2 Å². The quantitative estimate of drug-likeness (QED) is 0.716. The third kappa shape index (κ3) is 4.25. The van der Waals surface area contributed by atoms with Crippen molar-refractivity contribution in [3.05, 3.63) is 0 Å². The Kier molecular flexibility index (Phi) is 6.65. The summed E-state index contributed by atoms with van der Waals surface area (Å²) in [4.78, 5) is 16.5. The average molecular weight is 255 g/mol. The summed E-state index contributed by atoms with van der Waals surface area (Å²) >= 11 is 0. The van der Waals surface area contributed by atoms with Crippen LogP contribution in [0.4, 0.5) is 0 Å². The smallest absolute Gasteiger partial charge is 0.241 e. The number of hydrogen-bond acceptors (Lipinski definition) is 3. The number of rotatable bonds is 8. The van der Waals surface area contributed by atoms with Crippen molar-refractivity contribution in [3.8, 4) is 0 Å². The Balaban J connectivity index is 2.45. The van der Waals surface area contributed by atoms with Gasteiger partial charge in [-0.15, -0.1) is 0 Å². The molecule has 1 saturated heterocycles. The van der Waals surface area contributed by atoms with E-state index in [1.165, 1.54) is 0 Å². The van der Waals surface area contributed by atoms with Crippen molar-refractivity contribution >= 4 is 5.91 Å². The van der Waals surface area contributed by atoms with E-state index in [-0.39, 0.29) is 12.2 Å². The van der Waals surface area contributed by atoms with Crippen LogP contribution in [0.15, 0.2) is 0 Å². The minimum atomic E-state index is 0.0641. The number of nitrogens with zero attached hydrogens (tertiary/aromatic N) is 2. The van der Waals surface area contributed by atoms with Gasteiger partial charge in [-0.2, -0.15) is 0 Å². The molecule has 0 saturated carbocycles. The first kappa shape index (κ1) is 15.4. The number of amides is 1. The van der Waals surface area contributed by atoms with Gasteiger partial charge in [-0.05, 0) is 39.9 Å². The molecule has 1 aliphatic rings. The lowest BCUT2D eigenvalue weighted by atomic mass is 10.1. The molecule has 0 aromatic heterocycles. The van der Waals surface area contributed by atoms with E-state index in [9.17, 15) is 4.79 Å². The first-order valence-corrected chi connectivity index (χ1v) is 7.31. The van der Waals surface area contributed by atoms with E-state index in [4.69, 9.17) is 0 Å². The van der Waals surface area contributed by atoms with Crippen LogP contribution in [0.3, 0.4) is 0 Å². The maximum absolute atomic E-state index is 12.3. The molecule has 106 valence electrons. The third-order valence-corrected chi connectivity index (χ3v) is 3.59. The van der Waals surface area contributed by atoms with Gasteiger partial charge in [-0.3, -0.25) is 10.1 Å². The second kappa shape index (κ2) is 7.74. The molecule has 2 unspecified atom stereocenters. The SMILES string of the molecule is CCCCC1NC(CC)N(CCCN(C)C)C1=O. The molecule has 1 amide bonds. The summed E-state index contributed by atoms with van der Waals surface area (Å²) in [5.74, 6) is 0.314. The van der Waals surface area contributed by atoms with E-state index in [2.05, 4.69) is 38.2 Å². The summed E-state index contributed by atoms with van der Waals surface area (Å²) < 4.78 is 0. The molecule has 1 rings (SSSR count). The Hall–Kier alpha value is -0.610. The van der Waals surface area contributed by atoms with Crippen molar-refractivity contribution < 1.29 is 4.79 Å². The lowest BCUT2D eigenvalue weighted by molar-refractivity contribution is -0.130. The number of hydrogen-bond donors (Lipinski definition) is 1. The average Bonchev–Trinajstić information content (AvgIpc) is 2.63. The van der Waals surface area contributed by atoms with E-state index in [0.29, 0.717) is 5.91 Å². The van der Waals surface area contributed by atoms with Crippen LogP contribution < -0.4 is 5.32 Å².